The van der Waals surface area contributed by atoms with Gasteiger partial charge in [-0.25, -0.2) is 24.4 Å². The summed E-state index contributed by atoms with van der Waals surface area (Å²) in [5.41, 5.74) is 7.57. The monoisotopic (exact) mass is 574 g/mol. The Labute approximate surface area is 241 Å². The standard InChI is InChI=1S/C31H28F2N4O5/c1-39-29-15-23(7-13-27(29)41-19-21-3-9-25(32)10-4-21)17-34-36-31(38)37-35-18-24-8-14-28(30(16-24)40-2)42-20-22-5-11-26(33)12-6-22/h3-18H,19-20H2,1-2H3,(H2,36,37,38)/b34-17+,35-18?. The number of urea groups is 1. The number of carbonyl (C=O) groups is 1. The smallest absolute Gasteiger partial charge is 0.355 e. The minimum atomic E-state index is -0.653. The second-order valence-corrected chi connectivity index (χ2v) is 8.72. The number of ether oxygens (including phenoxy) is 4. The summed E-state index contributed by atoms with van der Waals surface area (Å²) in [6.45, 7) is 0.489. The molecule has 0 bridgehead atoms. The number of amides is 2. The molecule has 0 radical (unpaired) electrons. The molecule has 216 valence electrons. The molecule has 0 saturated carbocycles. The van der Waals surface area contributed by atoms with Crippen molar-refractivity contribution in [3.05, 3.63) is 119 Å². The third-order valence-corrected chi connectivity index (χ3v) is 5.75. The van der Waals surface area contributed by atoms with Gasteiger partial charge in [-0.2, -0.15) is 10.2 Å². The Kier molecular flexibility index (Phi) is 10.4. The minimum absolute atomic E-state index is 0.245. The normalized spacial score (nSPS) is 11.0. The zero-order valence-corrected chi connectivity index (χ0v) is 22.8. The molecule has 9 nitrogen and oxygen atoms in total. The molecule has 4 aromatic carbocycles. The lowest BCUT2D eigenvalue weighted by Crippen LogP contribution is -2.28. The Morgan fingerprint density at radius 2 is 1.05 bits per heavy atom. The summed E-state index contributed by atoms with van der Waals surface area (Å²) in [6.07, 6.45) is 2.87. The molecule has 0 aliphatic rings. The maximum atomic E-state index is 13.1. The number of hydrogen-bond donors (Lipinski definition) is 2. The third kappa shape index (κ3) is 8.78. The Morgan fingerprint density at radius 3 is 1.43 bits per heavy atom. The van der Waals surface area contributed by atoms with E-state index in [2.05, 4.69) is 21.1 Å². The van der Waals surface area contributed by atoms with Crippen molar-refractivity contribution in [1.29, 1.82) is 0 Å². The maximum Gasteiger partial charge on any atom is 0.355 e. The summed E-state index contributed by atoms with van der Waals surface area (Å²) in [5, 5.41) is 7.83. The molecule has 42 heavy (non-hydrogen) atoms. The topological polar surface area (TPSA) is 103 Å². The van der Waals surface area contributed by atoms with Crippen molar-refractivity contribution in [3.63, 3.8) is 0 Å². The number of hydrogen-bond acceptors (Lipinski definition) is 7. The highest BCUT2D eigenvalue weighted by atomic mass is 19.1. The lowest BCUT2D eigenvalue weighted by molar-refractivity contribution is 0.242. The average Bonchev–Trinajstić information content (AvgIpc) is 3.01. The van der Waals surface area contributed by atoms with E-state index in [0.717, 1.165) is 11.1 Å². The first kappa shape index (κ1) is 29.5. The van der Waals surface area contributed by atoms with Gasteiger partial charge in [0.15, 0.2) is 23.0 Å². The highest BCUT2D eigenvalue weighted by molar-refractivity contribution is 5.84. The first-order chi connectivity index (χ1) is 20.4. The van der Waals surface area contributed by atoms with E-state index in [4.69, 9.17) is 18.9 Å². The largest absolute Gasteiger partial charge is 0.493 e. The van der Waals surface area contributed by atoms with E-state index in [1.165, 1.54) is 50.9 Å². The van der Waals surface area contributed by atoms with Crippen molar-refractivity contribution in [3.8, 4) is 23.0 Å². The molecule has 0 spiro atoms. The number of benzene rings is 4. The molecular weight excluding hydrogens is 546 g/mol. The Morgan fingerprint density at radius 1 is 0.643 bits per heavy atom. The van der Waals surface area contributed by atoms with Crippen LogP contribution in [-0.2, 0) is 13.2 Å². The second kappa shape index (κ2) is 14.8. The van der Waals surface area contributed by atoms with Gasteiger partial charge in [0.25, 0.3) is 0 Å². The van der Waals surface area contributed by atoms with Crippen molar-refractivity contribution in [2.75, 3.05) is 14.2 Å². The predicted molar refractivity (Wildman–Crippen MR) is 154 cm³/mol. The second-order valence-electron chi connectivity index (χ2n) is 8.72. The molecule has 4 rings (SSSR count). The molecule has 0 atom stereocenters. The van der Waals surface area contributed by atoms with Gasteiger partial charge in [0, 0.05) is 0 Å². The van der Waals surface area contributed by atoms with Gasteiger partial charge < -0.3 is 18.9 Å². The summed E-state index contributed by atoms with van der Waals surface area (Å²) in [7, 11) is 3.02. The van der Waals surface area contributed by atoms with Gasteiger partial charge in [-0.1, -0.05) is 24.3 Å². The first-order valence-electron chi connectivity index (χ1n) is 12.7. The molecule has 0 heterocycles. The lowest BCUT2D eigenvalue weighted by atomic mass is 10.2. The lowest BCUT2D eigenvalue weighted by Gasteiger charge is -2.11. The van der Waals surface area contributed by atoms with Gasteiger partial charge in [-0.15, -0.1) is 0 Å². The van der Waals surface area contributed by atoms with Crippen LogP contribution >= 0.6 is 0 Å². The van der Waals surface area contributed by atoms with E-state index < -0.39 is 6.03 Å². The Bertz CT molecular complexity index is 1430. The number of halogens is 2. The first-order valence-corrected chi connectivity index (χ1v) is 12.7. The summed E-state index contributed by atoms with van der Waals surface area (Å²) in [5.74, 6) is 1.32. The maximum absolute atomic E-state index is 13.1. The minimum Gasteiger partial charge on any atom is -0.493 e. The molecule has 11 heteroatoms. The molecule has 0 saturated heterocycles. The highest BCUT2D eigenvalue weighted by Gasteiger charge is 2.08. The van der Waals surface area contributed by atoms with Crippen LogP contribution in [0.15, 0.2) is 95.1 Å². The van der Waals surface area contributed by atoms with E-state index in [0.29, 0.717) is 34.1 Å². The van der Waals surface area contributed by atoms with Crippen molar-refractivity contribution in [2.45, 2.75) is 13.2 Å². The van der Waals surface area contributed by atoms with Gasteiger partial charge in [0.1, 0.15) is 24.8 Å². The van der Waals surface area contributed by atoms with Gasteiger partial charge in [-0.3, -0.25) is 0 Å². The fourth-order valence-electron chi connectivity index (χ4n) is 3.61. The van der Waals surface area contributed by atoms with Gasteiger partial charge in [-0.05, 0) is 82.9 Å². The number of nitrogens with zero attached hydrogens (tertiary/aromatic N) is 2. The van der Waals surface area contributed by atoms with E-state index in [-0.39, 0.29) is 24.8 Å². The van der Waals surface area contributed by atoms with Crippen molar-refractivity contribution in [2.24, 2.45) is 10.2 Å². The van der Waals surface area contributed by atoms with Crippen LogP contribution in [0.3, 0.4) is 0 Å². The average molecular weight is 575 g/mol. The molecule has 0 fully saturated rings. The summed E-state index contributed by atoms with van der Waals surface area (Å²) in [6, 6.07) is 21.7. The fourth-order valence-corrected chi connectivity index (χ4v) is 3.61. The highest BCUT2D eigenvalue weighted by Crippen LogP contribution is 2.29. The van der Waals surface area contributed by atoms with Crippen molar-refractivity contribution in [1.82, 2.24) is 10.9 Å². The zero-order chi connectivity index (χ0) is 29.7. The van der Waals surface area contributed by atoms with Crippen LogP contribution in [-0.4, -0.2) is 32.7 Å². The van der Waals surface area contributed by atoms with E-state index in [9.17, 15) is 13.6 Å². The molecule has 0 unspecified atom stereocenters. The molecule has 2 amide bonds. The number of rotatable bonds is 12. The van der Waals surface area contributed by atoms with E-state index in [1.807, 2.05) is 0 Å². The van der Waals surface area contributed by atoms with Crippen molar-refractivity contribution < 1.29 is 32.5 Å². The SMILES string of the molecule is COc1cc(C=NNC(=O)N/N=C/c2ccc(OCc3ccc(F)cc3)c(OC)c2)ccc1OCc1ccc(F)cc1. The molecule has 0 aliphatic heterocycles. The van der Waals surface area contributed by atoms with Crippen LogP contribution in [0, 0.1) is 11.6 Å². The molecule has 4 aromatic rings. The number of methoxy groups -OCH3 is 2. The quantitative estimate of drug-likeness (QED) is 0.164. The van der Waals surface area contributed by atoms with Gasteiger partial charge in [0.05, 0.1) is 26.6 Å². The van der Waals surface area contributed by atoms with Gasteiger partial charge >= 0.3 is 6.03 Å². The van der Waals surface area contributed by atoms with Crippen LogP contribution in [0.2, 0.25) is 0 Å². The summed E-state index contributed by atoms with van der Waals surface area (Å²) < 4.78 is 48.5. The zero-order valence-electron chi connectivity index (χ0n) is 22.8. The fraction of sp³-hybridized carbons (Fsp3) is 0.129. The van der Waals surface area contributed by atoms with E-state index >= 15 is 0 Å². The molecule has 0 aliphatic carbocycles. The number of hydrazone groups is 2. The molecule has 0 aromatic heterocycles. The predicted octanol–water partition coefficient (Wildman–Crippen LogP) is 5.81. The summed E-state index contributed by atoms with van der Waals surface area (Å²) >= 11 is 0. The molecular formula is C31H28F2N4O5. The van der Waals surface area contributed by atoms with E-state index in [1.54, 1.807) is 60.7 Å². The van der Waals surface area contributed by atoms with Crippen LogP contribution < -0.4 is 29.8 Å². The van der Waals surface area contributed by atoms with Crippen LogP contribution in [0.25, 0.3) is 0 Å². The molecule has 2 N–H and O–H groups in total. The van der Waals surface area contributed by atoms with Crippen LogP contribution in [0.1, 0.15) is 22.3 Å². The Hall–Kier alpha value is -5.45. The van der Waals surface area contributed by atoms with Crippen LogP contribution in [0.5, 0.6) is 23.0 Å². The van der Waals surface area contributed by atoms with Crippen LogP contribution in [0.4, 0.5) is 13.6 Å². The van der Waals surface area contributed by atoms with Crippen molar-refractivity contribution >= 4 is 18.5 Å². The Balaban J connectivity index is 1.25. The number of carbonyl (C=O) groups excluding carboxylic acids is 1. The third-order valence-electron chi connectivity index (χ3n) is 5.75. The van der Waals surface area contributed by atoms with Gasteiger partial charge in [0.2, 0.25) is 0 Å². The number of nitrogens with one attached hydrogen (secondary N) is 2. The summed E-state index contributed by atoms with van der Waals surface area (Å²) in [4.78, 5) is 12.1.